The maximum absolute atomic E-state index is 13.1. The van der Waals surface area contributed by atoms with Gasteiger partial charge in [0.1, 0.15) is 17.1 Å². The number of furan rings is 1. The molecule has 30 heavy (non-hydrogen) atoms. The van der Waals surface area contributed by atoms with Crippen LogP contribution in [-0.4, -0.2) is 15.5 Å². The molecule has 0 saturated heterocycles. The van der Waals surface area contributed by atoms with E-state index in [1.54, 1.807) is 18.4 Å². The molecule has 3 aromatic heterocycles. The standard InChI is InChI=1S/C23H17N3O3S/c27-20(24-11-18-6-3-9-29-18)12-26-14-25-22-21(23(26)28)19(13-30-22)17-8-7-15-4-1-2-5-16(15)10-17/h1-10,13-14H,11-12H2,(H,24,27). The van der Waals surface area contributed by atoms with E-state index in [2.05, 4.69) is 22.4 Å². The van der Waals surface area contributed by atoms with Crippen molar-refractivity contribution in [1.82, 2.24) is 14.9 Å². The molecular weight excluding hydrogens is 398 g/mol. The summed E-state index contributed by atoms with van der Waals surface area (Å²) in [5, 5.41) is 7.49. The molecule has 7 heteroatoms. The molecular formula is C23H17N3O3S. The van der Waals surface area contributed by atoms with Gasteiger partial charge in [0.25, 0.3) is 5.56 Å². The molecule has 3 heterocycles. The smallest absolute Gasteiger partial charge is 0.263 e. The number of rotatable bonds is 5. The summed E-state index contributed by atoms with van der Waals surface area (Å²) in [6.07, 6.45) is 2.98. The average molecular weight is 415 g/mol. The van der Waals surface area contributed by atoms with E-state index in [0.29, 0.717) is 16.0 Å². The lowest BCUT2D eigenvalue weighted by atomic mass is 10.0. The Labute approximate surface area is 175 Å². The van der Waals surface area contributed by atoms with Gasteiger partial charge >= 0.3 is 0 Å². The van der Waals surface area contributed by atoms with Crippen molar-refractivity contribution < 1.29 is 9.21 Å². The van der Waals surface area contributed by atoms with Crippen molar-refractivity contribution in [2.75, 3.05) is 0 Å². The Morgan fingerprint density at radius 2 is 1.97 bits per heavy atom. The molecule has 0 bridgehead atoms. The van der Waals surface area contributed by atoms with Gasteiger partial charge in [0, 0.05) is 10.9 Å². The van der Waals surface area contributed by atoms with Crippen LogP contribution < -0.4 is 10.9 Å². The highest BCUT2D eigenvalue weighted by molar-refractivity contribution is 7.17. The number of aromatic nitrogens is 2. The summed E-state index contributed by atoms with van der Waals surface area (Å²) in [5.41, 5.74) is 1.57. The molecule has 148 valence electrons. The van der Waals surface area contributed by atoms with Gasteiger partial charge in [0.15, 0.2) is 0 Å². The van der Waals surface area contributed by atoms with Crippen LogP contribution in [0.2, 0.25) is 0 Å². The van der Waals surface area contributed by atoms with E-state index in [1.165, 1.54) is 22.2 Å². The maximum atomic E-state index is 13.1. The number of amides is 1. The van der Waals surface area contributed by atoms with Crippen LogP contribution in [0.15, 0.2) is 81.8 Å². The average Bonchev–Trinajstić information content (AvgIpc) is 3.44. The Morgan fingerprint density at radius 3 is 2.80 bits per heavy atom. The van der Waals surface area contributed by atoms with Crippen molar-refractivity contribution >= 4 is 38.2 Å². The molecule has 1 amide bonds. The molecule has 0 saturated carbocycles. The van der Waals surface area contributed by atoms with Crippen molar-refractivity contribution in [3.8, 4) is 11.1 Å². The summed E-state index contributed by atoms with van der Waals surface area (Å²) >= 11 is 1.43. The third-order valence-corrected chi connectivity index (χ3v) is 5.86. The molecule has 1 N–H and O–H groups in total. The number of hydrogen-bond acceptors (Lipinski definition) is 5. The van der Waals surface area contributed by atoms with Gasteiger partial charge in [-0.05, 0) is 34.5 Å². The molecule has 0 atom stereocenters. The van der Waals surface area contributed by atoms with E-state index in [1.807, 2.05) is 35.7 Å². The molecule has 0 radical (unpaired) electrons. The van der Waals surface area contributed by atoms with E-state index in [-0.39, 0.29) is 24.6 Å². The highest BCUT2D eigenvalue weighted by Gasteiger charge is 2.15. The van der Waals surface area contributed by atoms with Crippen LogP contribution in [0.5, 0.6) is 0 Å². The van der Waals surface area contributed by atoms with E-state index in [9.17, 15) is 9.59 Å². The largest absolute Gasteiger partial charge is 0.467 e. The first-order chi connectivity index (χ1) is 14.7. The molecule has 5 rings (SSSR count). The number of nitrogens with zero attached hydrogens (tertiary/aromatic N) is 2. The third kappa shape index (κ3) is 3.40. The van der Waals surface area contributed by atoms with E-state index >= 15 is 0 Å². The normalized spacial score (nSPS) is 11.2. The Morgan fingerprint density at radius 1 is 1.10 bits per heavy atom. The summed E-state index contributed by atoms with van der Waals surface area (Å²) in [5.74, 6) is 0.373. The second kappa shape index (κ2) is 7.61. The highest BCUT2D eigenvalue weighted by atomic mass is 32.1. The summed E-state index contributed by atoms with van der Waals surface area (Å²) in [4.78, 5) is 30.5. The fourth-order valence-electron chi connectivity index (χ4n) is 3.46. The number of carbonyl (C=O) groups is 1. The van der Waals surface area contributed by atoms with Crippen LogP contribution in [0.4, 0.5) is 0 Å². The fourth-order valence-corrected chi connectivity index (χ4v) is 4.37. The number of nitrogens with one attached hydrogen (secondary N) is 1. The predicted molar refractivity (Wildman–Crippen MR) is 117 cm³/mol. The van der Waals surface area contributed by atoms with Crippen molar-refractivity contribution in [2.45, 2.75) is 13.1 Å². The Kier molecular flexibility index (Phi) is 4.65. The van der Waals surface area contributed by atoms with Crippen LogP contribution in [0.3, 0.4) is 0 Å². The number of fused-ring (bicyclic) bond motifs is 2. The van der Waals surface area contributed by atoms with Gasteiger partial charge in [0.2, 0.25) is 5.91 Å². The lowest BCUT2D eigenvalue weighted by Crippen LogP contribution is -2.32. The van der Waals surface area contributed by atoms with Gasteiger partial charge in [-0.2, -0.15) is 0 Å². The highest BCUT2D eigenvalue weighted by Crippen LogP contribution is 2.32. The van der Waals surface area contributed by atoms with E-state index in [0.717, 1.165) is 21.9 Å². The minimum absolute atomic E-state index is 0.102. The lowest BCUT2D eigenvalue weighted by Gasteiger charge is -2.07. The molecule has 0 aliphatic heterocycles. The van der Waals surface area contributed by atoms with Crippen molar-refractivity contribution in [3.63, 3.8) is 0 Å². The SMILES string of the molecule is O=C(Cn1cnc2scc(-c3ccc4ccccc4c3)c2c1=O)NCc1ccco1. The van der Waals surface area contributed by atoms with Crippen LogP contribution >= 0.6 is 11.3 Å². The minimum atomic E-state index is -0.280. The summed E-state index contributed by atoms with van der Waals surface area (Å²) in [6, 6.07) is 17.8. The van der Waals surface area contributed by atoms with Crippen LogP contribution in [0.25, 0.3) is 32.1 Å². The molecule has 0 aliphatic rings. The van der Waals surface area contributed by atoms with Crippen molar-refractivity contribution in [1.29, 1.82) is 0 Å². The zero-order valence-electron chi connectivity index (χ0n) is 15.9. The molecule has 2 aromatic carbocycles. The van der Waals surface area contributed by atoms with Gasteiger partial charge in [-0.1, -0.05) is 36.4 Å². The van der Waals surface area contributed by atoms with Gasteiger partial charge in [-0.25, -0.2) is 4.98 Å². The van der Waals surface area contributed by atoms with Gasteiger partial charge < -0.3 is 9.73 Å². The molecule has 6 nitrogen and oxygen atoms in total. The quantitative estimate of drug-likeness (QED) is 0.467. The predicted octanol–water partition coefficient (Wildman–Crippen LogP) is 4.19. The molecule has 5 aromatic rings. The Hall–Kier alpha value is -3.71. The molecule has 0 aliphatic carbocycles. The second-order valence-electron chi connectivity index (χ2n) is 6.93. The first-order valence-electron chi connectivity index (χ1n) is 9.44. The van der Waals surface area contributed by atoms with E-state index < -0.39 is 0 Å². The third-order valence-electron chi connectivity index (χ3n) is 4.98. The van der Waals surface area contributed by atoms with Crippen molar-refractivity contribution in [3.05, 3.63) is 88.7 Å². The lowest BCUT2D eigenvalue weighted by molar-refractivity contribution is -0.122. The maximum Gasteiger partial charge on any atom is 0.263 e. The molecule has 0 unspecified atom stereocenters. The minimum Gasteiger partial charge on any atom is -0.467 e. The number of carbonyl (C=O) groups excluding carboxylic acids is 1. The first-order valence-corrected chi connectivity index (χ1v) is 10.3. The van der Waals surface area contributed by atoms with Gasteiger partial charge in [-0.15, -0.1) is 11.3 Å². The Balaban J connectivity index is 1.47. The summed E-state index contributed by atoms with van der Waals surface area (Å²) in [6.45, 7) is 0.173. The van der Waals surface area contributed by atoms with E-state index in [4.69, 9.17) is 4.42 Å². The first kappa shape index (κ1) is 18.3. The number of benzene rings is 2. The van der Waals surface area contributed by atoms with Crippen LogP contribution in [-0.2, 0) is 17.9 Å². The summed E-state index contributed by atoms with van der Waals surface area (Å²) < 4.78 is 6.55. The van der Waals surface area contributed by atoms with Crippen LogP contribution in [0.1, 0.15) is 5.76 Å². The zero-order valence-corrected chi connectivity index (χ0v) is 16.7. The molecule has 0 spiro atoms. The van der Waals surface area contributed by atoms with Gasteiger partial charge in [-0.3, -0.25) is 14.2 Å². The van der Waals surface area contributed by atoms with Gasteiger partial charge in [0.05, 0.1) is 24.5 Å². The van der Waals surface area contributed by atoms with Crippen molar-refractivity contribution in [2.24, 2.45) is 0 Å². The zero-order chi connectivity index (χ0) is 20.5. The number of thiophene rings is 1. The monoisotopic (exact) mass is 415 g/mol. The Bertz CT molecular complexity index is 1420. The molecule has 0 fully saturated rings. The topological polar surface area (TPSA) is 77.1 Å². The second-order valence-corrected chi connectivity index (χ2v) is 7.78. The fraction of sp³-hybridized carbons (Fsp3) is 0.0870. The number of hydrogen-bond donors (Lipinski definition) is 1. The summed E-state index contributed by atoms with van der Waals surface area (Å²) in [7, 11) is 0. The van der Waals surface area contributed by atoms with Crippen LogP contribution in [0, 0.1) is 0 Å².